The summed E-state index contributed by atoms with van der Waals surface area (Å²) in [5.41, 5.74) is -1.31. The quantitative estimate of drug-likeness (QED) is 0.0631. The van der Waals surface area contributed by atoms with Crippen LogP contribution in [0, 0.1) is 10.1 Å². The van der Waals surface area contributed by atoms with E-state index in [0.29, 0.717) is 24.2 Å². The highest BCUT2D eigenvalue weighted by atomic mass is 32.2. The van der Waals surface area contributed by atoms with E-state index in [1.165, 1.54) is 0 Å². The molecule has 5 heterocycles. The number of esters is 2. The lowest BCUT2D eigenvalue weighted by atomic mass is 9.80. The van der Waals surface area contributed by atoms with E-state index < -0.39 is 55.7 Å². The molecule has 0 aliphatic carbocycles. The first kappa shape index (κ1) is 40.6. The number of hydrogen-bond acceptors (Lipinski definition) is 13. The second kappa shape index (κ2) is 15.0. The van der Waals surface area contributed by atoms with E-state index in [-0.39, 0.29) is 66.2 Å². The number of hydrogen-bond donors (Lipinski definition) is 1. The number of nitrogens with one attached hydrogen (secondary N) is 1. The van der Waals surface area contributed by atoms with Gasteiger partial charge in [-0.25, -0.2) is 23.0 Å². The van der Waals surface area contributed by atoms with Crippen LogP contribution in [0.1, 0.15) is 77.0 Å². The highest BCUT2D eigenvalue weighted by molar-refractivity contribution is 7.90. The van der Waals surface area contributed by atoms with E-state index in [1.807, 2.05) is 58.0 Å². The van der Waals surface area contributed by atoms with Gasteiger partial charge in [-0.3, -0.25) is 24.6 Å². The van der Waals surface area contributed by atoms with Crippen molar-refractivity contribution in [3.8, 4) is 11.4 Å². The van der Waals surface area contributed by atoms with Gasteiger partial charge in [-0.1, -0.05) is 25.1 Å². The number of hydroxylamine groups is 2. The molecule has 1 atom stereocenters. The number of aliphatic imine (C=N–C) groups is 1. The number of non-ortho nitro benzene ring substituents is 1. The van der Waals surface area contributed by atoms with Crippen LogP contribution >= 0.6 is 0 Å². The van der Waals surface area contributed by atoms with Crippen LogP contribution in [0.25, 0.3) is 22.3 Å². The Kier molecular flexibility index (Phi) is 10.5. The van der Waals surface area contributed by atoms with Gasteiger partial charge in [-0.2, -0.15) is 0 Å². The summed E-state index contributed by atoms with van der Waals surface area (Å²) in [5.74, 6) is -2.09. The van der Waals surface area contributed by atoms with Gasteiger partial charge in [-0.15, -0.1) is 10.3 Å². The molecule has 58 heavy (non-hydrogen) atoms. The molecule has 3 aliphatic heterocycles. The summed E-state index contributed by atoms with van der Waals surface area (Å²) in [6.07, 6.45) is 0.244. The fourth-order valence-electron chi connectivity index (χ4n) is 8.20. The molecule has 0 amide bonds. The molecule has 18 heteroatoms. The summed E-state index contributed by atoms with van der Waals surface area (Å²) in [4.78, 5) is 60.5. The van der Waals surface area contributed by atoms with Gasteiger partial charge in [-0.05, 0) is 77.3 Å². The van der Waals surface area contributed by atoms with Crippen LogP contribution < -0.4 is 10.3 Å². The van der Waals surface area contributed by atoms with Crippen LogP contribution in [0.5, 0.6) is 0 Å². The molecule has 1 radical (unpaired) electrons. The highest BCUT2D eigenvalue weighted by Gasteiger charge is 2.51. The third-order valence-electron chi connectivity index (χ3n) is 10.9. The number of nitrogens with zero attached hydrogens (tertiary/aromatic N) is 5. The van der Waals surface area contributed by atoms with Crippen LogP contribution in [-0.2, 0) is 57.8 Å². The number of cyclic esters (lactones) is 1. The molecule has 0 spiro atoms. The number of rotatable bonds is 11. The van der Waals surface area contributed by atoms with Gasteiger partial charge in [0.15, 0.2) is 0 Å². The van der Waals surface area contributed by atoms with Gasteiger partial charge in [0.1, 0.15) is 19.0 Å². The minimum absolute atomic E-state index is 0.0508. The lowest BCUT2D eigenvalue weighted by Gasteiger charge is -2.49. The number of sulfonamides is 1. The Morgan fingerprint density at radius 3 is 2.43 bits per heavy atom. The number of carbonyl (C=O) groups excluding carboxylic acids is 2. The van der Waals surface area contributed by atoms with E-state index in [4.69, 9.17) is 19.2 Å². The van der Waals surface area contributed by atoms with Crippen LogP contribution in [0.2, 0.25) is 0 Å². The lowest BCUT2D eigenvalue weighted by Crippen LogP contribution is -2.59. The molecular weight excluding hydrogens is 773 g/mol. The maximum Gasteiger partial charge on any atom is 0.355 e. The number of ether oxygens (including phenoxy) is 3. The number of nitro benzene ring substituents is 1. The van der Waals surface area contributed by atoms with Crippen molar-refractivity contribution in [1.82, 2.24) is 19.3 Å². The summed E-state index contributed by atoms with van der Waals surface area (Å²) >= 11 is 0. The van der Waals surface area contributed by atoms with Crippen LogP contribution in [0.3, 0.4) is 0 Å². The summed E-state index contributed by atoms with van der Waals surface area (Å²) < 4.78 is 48.3. The first-order valence-corrected chi connectivity index (χ1v) is 20.3. The lowest BCUT2D eigenvalue weighted by molar-refractivity contribution is -0.384. The SMILES string of the molecule is CC[C@@]1(OC(=O)CN=C(CCOC2CC(C)(C)N([O])C(C)(C)C2)NS(=O)(=O)c2ccc([N+](=O)[O-])cc2)C(=O)OCc2c1cc1n(c2=O)Cc2cc3ccccc3nc2-1. The predicted molar refractivity (Wildman–Crippen MR) is 208 cm³/mol. The van der Waals surface area contributed by atoms with Gasteiger partial charge in [0.2, 0.25) is 5.60 Å². The average molecular weight is 816 g/mol. The van der Waals surface area contributed by atoms with E-state index in [9.17, 15) is 38.1 Å². The fraction of sp³-hybridized carbons (Fsp3) is 0.425. The Labute approximate surface area is 333 Å². The van der Waals surface area contributed by atoms with E-state index in [2.05, 4.69) is 9.71 Å². The number of nitro groups is 1. The number of aromatic nitrogens is 2. The largest absolute Gasteiger partial charge is 0.457 e. The number of piperidine rings is 1. The van der Waals surface area contributed by atoms with E-state index >= 15 is 0 Å². The molecule has 1 N–H and O–H groups in total. The molecule has 0 unspecified atom stereocenters. The number of pyridine rings is 2. The summed E-state index contributed by atoms with van der Waals surface area (Å²) in [5, 5.41) is 26.0. The van der Waals surface area contributed by atoms with Crippen LogP contribution in [-0.4, -0.2) is 76.1 Å². The molecule has 4 aromatic rings. The number of benzene rings is 2. The molecule has 17 nitrogen and oxygen atoms in total. The van der Waals surface area contributed by atoms with Crippen LogP contribution in [0.15, 0.2) is 75.3 Å². The number of para-hydroxylation sites is 1. The fourth-order valence-corrected chi connectivity index (χ4v) is 9.29. The first-order chi connectivity index (χ1) is 27.3. The normalized spacial score (nSPS) is 20.2. The van der Waals surface area contributed by atoms with Crippen molar-refractivity contribution in [3.05, 3.63) is 97.8 Å². The van der Waals surface area contributed by atoms with E-state index in [0.717, 1.165) is 45.8 Å². The predicted octanol–water partition coefficient (Wildman–Crippen LogP) is 4.69. The molecular formula is C40H43N6O11S. The van der Waals surface area contributed by atoms with Crippen molar-refractivity contribution in [2.75, 3.05) is 13.2 Å². The van der Waals surface area contributed by atoms with Crippen molar-refractivity contribution in [2.24, 2.45) is 4.99 Å². The molecule has 2 aromatic carbocycles. The zero-order valence-electron chi connectivity index (χ0n) is 32.6. The minimum Gasteiger partial charge on any atom is -0.457 e. The number of amidine groups is 1. The van der Waals surface area contributed by atoms with Crippen molar-refractivity contribution in [1.29, 1.82) is 0 Å². The Bertz CT molecular complexity index is 2520. The third kappa shape index (κ3) is 7.47. The maximum absolute atomic E-state index is 13.9. The topological polar surface area (TPSA) is 222 Å². The van der Waals surface area contributed by atoms with Gasteiger partial charge in [0.05, 0.1) is 51.5 Å². The number of fused-ring (bicyclic) bond motifs is 5. The van der Waals surface area contributed by atoms with Gasteiger partial charge < -0.3 is 18.8 Å². The van der Waals surface area contributed by atoms with Crippen molar-refractivity contribution >= 4 is 44.4 Å². The molecule has 0 saturated carbocycles. The Balaban J connectivity index is 1.16. The Morgan fingerprint density at radius 1 is 1.07 bits per heavy atom. The summed E-state index contributed by atoms with van der Waals surface area (Å²) in [6.45, 7) is 8.01. The first-order valence-electron chi connectivity index (χ1n) is 18.8. The van der Waals surface area contributed by atoms with Crippen molar-refractivity contribution in [3.63, 3.8) is 0 Å². The third-order valence-corrected chi connectivity index (χ3v) is 12.3. The van der Waals surface area contributed by atoms with Gasteiger partial charge in [0.25, 0.3) is 21.3 Å². The number of carbonyl (C=O) groups is 2. The Morgan fingerprint density at radius 2 is 1.76 bits per heavy atom. The second-order valence-corrected chi connectivity index (χ2v) is 17.6. The molecule has 305 valence electrons. The molecule has 0 bridgehead atoms. The zero-order valence-corrected chi connectivity index (χ0v) is 33.5. The van der Waals surface area contributed by atoms with Crippen LogP contribution in [0.4, 0.5) is 5.69 Å². The summed E-state index contributed by atoms with van der Waals surface area (Å²) in [7, 11) is -4.37. The molecule has 7 rings (SSSR count). The average Bonchev–Trinajstić information content (AvgIpc) is 3.53. The molecule has 3 aliphatic rings. The zero-order chi connectivity index (χ0) is 41.8. The molecule has 1 saturated heterocycles. The van der Waals surface area contributed by atoms with E-state index in [1.54, 1.807) is 17.6 Å². The monoisotopic (exact) mass is 815 g/mol. The van der Waals surface area contributed by atoms with Gasteiger partial charge in [0, 0.05) is 46.1 Å². The highest BCUT2D eigenvalue weighted by Crippen LogP contribution is 2.41. The molecule has 1 fully saturated rings. The second-order valence-electron chi connectivity index (χ2n) is 15.9. The minimum atomic E-state index is -4.37. The van der Waals surface area contributed by atoms with Crippen molar-refractivity contribution in [2.45, 2.75) is 101 Å². The molecule has 2 aromatic heterocycles. The standard InChI is InChI=1S/C40H43N6O11S/c1-6-40(30-18-32-35-25(17-24-9-7-8-10-31(24)42-35)22-44(32)36(48)29(30)23-56-37(40)49)57-34(47)21-41-33(43-58(53,54)28-13-11-26(12-14-28)45(50)51)15-16-55-27-19-38(2,3)46(52)39(4,5)20-27/h7-14,17-18,27H,6,15-16,19-23H2,1-5H3,(H,41,43)/t40-/m0/s1. The smallest absolute Gasteiger partial charge is 0.355 e. The maximum atomic E-state index is 13.9. The van der Waals surface area contributed by atoms with Crippen molar-refractivity contribution < 1.29 is 42.3 Å². The van der Waals surface area contributed by atoms with Gasteiger partial charge >= 0.3 is 11.9 Å². The Hall–Kier alpha value is -5.56. The summed E-state index contributed by atoms with van der Waals surface area (Å²) in [6, 6.07) is 15.4.